The van der Waals surface area contributed by atoms with E-state index in [2.05, 4.69) is 31.3 Å². The standard InChI is InChI=1S/C12H12BrFN4/c1-7-5-17-10(6-16-7)12(18-15)8-3-2-4-9(13)11(8)14/h2-6,12,18H,15H2,1H3. The second-order valence-corrected chi connectivity index (χ2v) is 4.68. The summed E-state index contributed by atoms with van der Waals surface area (Å²) in [6.07, 6.45) is 3.20. The lowest BCUT2D eigenvalue weighted by Gasteiger charge is -2.16. The molecule has 2 rings (SSSR count). The number of benzene rings is 1. The van der Waals surface area contributed by atoms with Crippen molar-refractivity contribution < 1.29 is 4.39 Å². The van der Waals surface area contributed by atoms with Crippen molar-refractivity contribution >= 4 is 15.9 Å². The molecule has 1 unspecified atom stereocenters. The normalized spacial score (nSPS) is 12.4. The number of hydrazine groups is 1. The molecule has 1 aromatic carbocycles. The lowest BCUT2D eigenvalue weighted by atomic mass is 10.0. The van der Waals surface area contributed by atoms with Crippen molar-refractivity contribution in [1.29, 1.82) is 0 Å². The zero-order chi connectivity index (χ0) is 13.1. The molecule has 18 heavy (non-hydrogen) atoms. The van der Waals surface area contributed by atoms with Crippen LogP contribution in [0.15, 0.2) is 35.1 Å². The highest BCUT2D eigenvalue weighted by Gasteiger charge is 2.19. The van der Waals surface area contributed by atoms with E-state index in [4.69, 9.17) is 5.84 Å². The fraction of sp³-hybridized carbons (Fsp3) is 0.167. The van der Waals surface area contributed by atoms with Gasteiger partial charge in [0.15, 0.2) is 0 Å². The summed E-state index contributed by atoms with van der Waals surface area (Å²) in [5, 5.41) is 0. The molecule has 0 fully saturated rings. The molecule has 1 aromatic heterocycles. The topological polar surface area (TPSA) is 63.8 Å². The van der Waals surface area contributed by atoms with E-state index in [0.29, 0.717) is 15.7 Å². The molecule has 1 heterocycles. The van der Waals surface area contributed by atoms with E-state index in [0.717, 1.165) is 5.69 Å². The van der Waals surface area contributed by atoms with Crippen molar-refractivity contribution in [3.8, 4) is 0 Å². The molecule has 4 nitrogen and oxygen atoms in total. The Morgan fingerprint density at radius 2 is 2.11 bits per heavy atom. The van der Waals surface area contributed by atoms with Gasteiger partial charge in [0.2, 0.25) is 0 Å². The van der Waals surface area contributed by atoms with Gasteiger partial charge in [-0.15, -0.1) is 0 Å². The molecule has 94 valence electrons. The third kappa shape index (κ3) is 2.55. The Bertz CT molecular complexity index is 544. The number of hydrogen-bond acceptors (Lipinski definition) is 4. The minimum absolute atomic E-state index is 0.358. The summed E-state index contributed by atoms with van der Waals surface area (Å²) in [6, 6.07) is 4.50. The van der Waals surface area contributed by atoms with Crippen LogP contribution >= 0.6 is 15.9 Å². The number of rotatable bonds is 3. The molecule has 1 atom stereocenters. The fourth-order valence-corrected chi connectivity index (χ4v) is 2.01. The van der Waals surface area contributed by atoms with Crippen LogP contribution in [0.2, 0.25) is 0 Å². The number of aromatic nitrogens is 2. The molecular weight excluding hydrogens is 299 g/mol. The van der Waals surface area contributed by atoms with E-state index in [1.807, 2.05) is 6.92 Å². The van der Waals surface area contributed by atoms with Crippen LogP contribution in [0.1, 0.15) is 23.0 Å². The quantitative estimate of drug-likeness (QED) is 0.674. The van der Waals surface area contributed by atoms with Gasteiger partial charge in [0.1, 0.15) is 5.82 Å². The number of halogens is 2. The van der Waals surface area contributed by atoms with Crippen molar-refractivity contribution in [3.05, 3.63) is 57.8 Å². The van der Waals surface area contributed by atoms with Gasteiger partial charge in [-0.05, 0) is 28.9 Å². The molecule has 0 aliphatic heterocycles. The molecule has 3 N–H and O–H groups in total. The Hall–Kier alpha value is -1.37. The van der Waals surface area contributed by atoms with Crippen molar-refractivity contribution in [1.82, 2.24) is 15.4 Å². The first-order valence-electron chi connectivity index (χ1n) is 5.32. The van der Waals surface area contributed by atoms with Crippen molar-refractivity contribution in [2.75, 3.05) is 0 Å². The summed E-state index contributed by atoms with van der Waals surface area (Å²) in [5.41, 5.74) is 4.35. The van der Waals surface area contributed by atoms with Gasteiger partial charge in [0.25, 0.3) is 0 Å². The zero-order valence-electron chi connectivity index (χ0n) is 9.69. The molecule has 0 amide bonds. The fourth-order valence-electron chi connectivity index (χ4n) is 1.63. The predicted molar refractivity (Wildman–Crippen MR) is 70.0 cm³/mol. The van der Waals surface area contributed by atoms with E-state index in [1.54, 1.807) is 30.6 Å². The van der Waals surface area contributed by atoms with Crippen LogP contribution in [0.5, 0.6) is 0 Å². The first-order valence-corrected chi connectivity index (χ1v) is 6.11. The van der Waals surface area contributed by atoms with Gasteiger partial charge in [-0.2, -0.15) is 0 Å². The van der Waals surface area contributed by atoms with Gasteiger partial charge in [0.05, 0.1) is 28.1 Å². The number of hydrogen-bond donors (Lipinski definition) is 2. The molecule has 0 saturated heterocycles. The third-order valence-electron chi connectivity index (χ3n) is 2.56. The molecule has 0 spiro atoms. The van der Waals surface area contributed by atoms with E-state index < -0.39 is 6.04 Å². The molecule has 0 saturated carbocycles. The SMILES string of the molecule is Cc1cnc(C(NN)c2cccc(Br)c2F)cn1. The smallest absolute Gasteiger partial charge is 0.142 e. The maximum Gasteiger partial charge on any atom is 0.142 e. The number of nitrogens with zero attached hydrogens (tertiary/aromatic N) is 2. The summed E-state index contributed by atoms with van der Waals surface area (Å²) in [7, 11) is 0. The Kier molecular flexibility index (Phi) is 4.00. The van der Waals surface area contributed by atoms with Gasteiger partial charge in [-0.25, -0.2) is 9.82 Å². The lowest BCUT2D eigenvalue weighted by Crippen LogP contribution is -2.30. The van der Waals surface area contributed by atoms with Crippen LogP contribution in [0.25, 0.3) is 0 Å². The van der Waals surface area contributed by atoms with Crippen molar-refractivity contribution in [3.63, 3.8) is 0 Å². The van der Waals surface area contributed by atoms with Crippen molar-refractivity contribution in [2.24, 2.45) is 5.84 Å². The van der Waals surface area contributed by atoms with Crippen LogP contribution < -0.4 is 11.3 Å². The summed E-state index contributed by atoms with van der Waals surface area (Å²) < 4.78 is 14.4. The highest BCUT2D eigenvalue weighted by Crippen LogP contribution is 2.26. The number of nitrogens with one attached hydrogen (secondary N) is 1. The second kappa shape index (κ2) is 5.51. The Morgan fingerprint density at radius 1 is 1.33 bits per heavy atom. The zero-order valence-corrected chi connectivity index (χ0v) is 11.3. The van der Waals surface area contributed by atoms with E-state index >= 15 is 0 Å². The summed E-state index contributed by atoms with van der Waals surface area (Å²) in [5.74, 6) is 5.14. The summed E-state index contributed by atoms with van der Waals surface area (Å²) in [6.45, 7) is 1.83. The minimum atomic E-state index is -0.532. The second-order valence-electron chi connectivity index (χ2n) is 3.83. The van der Waals surface area contributed by atoms with E-state index in [1.165, 1.54) is 0 Å². The number of nitrogens with two attached hydrogens (primary N) is 1. The molecule has 0 radical (unpaired) electrons. The average molecular weight is 311 g/mol. The van der Waals surface area contributed by atoms with Gasteiger partial charge in [-0.1, -0.05) is 12.1 Å². The van der Waals surface area contributed by atoms with Crippen LogP contribution in [0, 0.1) is 12.7 Å². The average Bonchev–Trinajstić information content (AvgIpc) is 2.37. The predicted octanol–water partition coefficient (Wildman–Crippen LogP) is 2.24. The maximum atomic E-state index is 14.0. The molecule has 0 aliphatic carbocycles. The monoisotopic (exact) mass is 310 g/mol. The minimum Gasteiger partial charge on any atom is -0.271 e. The summed E-state index contributed by atoms with van der Waals surface area (Å²) >= 11 is 3.15. The van der Waals surface area contributed by atoms with E-state index in [9.17, 15) is 4.39 Å². The first-order chi connectivity index (χ1) is 8.63. The lowest BCUT2D eigenvalue weighted by molar-refractivity contribution is 0.548. The Morgan fingerprint density at radius 3 is 2.72 bits per heavy atom. The highest BCUT2D eigenvalue weighted by atomic mass is 79.9. The van der Waals surface area contributed by atoms with Crippen LogP contribution in [-0.4, -0.2) is 9.97 Å². The Balaban J connectivity index is 2.45. The van der Waals surface area contributed by atoms with E-state index in [-0.39, 0.29) is 5.82 Å². The van der Waals surface area contributed by atoms with Crippen LogP contribution in [0.4, 0.5) is 4.39 Å². The van der Waals surface area contributed by atoms with Gasteiger partial charge in [-0.3, -0.25) is 15.8 Å². The van der Waals surface area contributed by atoms with Gasteiger partial charge < -0.3 is 0 Å². The summed E-state index contributed by atoms with van der Waals surface area (Å²) in [4.78, 5) is 8.34. The van der Waals surface area contributed by atoms with Crippen molar-refractivity contribution in [2.45, 2.75) is 13.0 Å². The first kappa shape index (κ1) is 13.1. The molecule has 0 aliphatic rings. The molecule has 2 aromatic rings. The largest absolute Gasteiger partial charge is 0.271 e. The maximum absolute atomic E-state index is 14.0. The van der Waals surface area contributed by atoms with Crippen LogP contribution in [-0.2, 0) is 0 Å². The van der Waals surface area contributed by atoms with Gasteiger partial charge >= 0.3 is 0 Å². The molecule has 6 heteroatoms. The Labute approximate surface area is 113 Å². The van der Waals surface area contributed by atoms with Crippen LogP contribution in [0.3, 0.4) is 0 Å². The number of aryl methyl sites for hydroxylation is 1. The van der Waals surface area contributed by atoms with Gasteiger partial charge in [0, 0.05) is 11.8 Å². The molecule has 0 bridgehead atoms. The highest BCUT2D eigenvalue weighted by molar-refractivity contribution is 9.10. The third-order valence-corrected chi connectivity index (χ3v) is 3.17. The molecular formula is C12H12BrFN4.